The van der Waals surface area contributed by atoms with Gasteiger partial charge in [-0.05, 0) is 12.8 Å². The number of nitrogens with one attached hydrogen (secondary N) is 2. The minimum atomic E-state index is -0.292. The van der Waals surface area contributed by atoms with E-state index in [-0.39, 0.29) is 61.9 Å². The van der Waals surface area contributed by atoms with Crippen LogP contribution in [0.4, 0.5) is 0 Å². The van der Waals surface area contributed by atoms with Crippen LogP contribution in [0.25, 0.3) is 0 Å². The van der Waals surface area contributed by atoms with E-state index < -0.39 is 0 Å². The van der Waals surface area contributed by atoms with Gasteiger partial charge in [0.25, 0.3) is 0 Å². The van der Waals surface area contributed by atoms with Gasteiger partial charge in [0.05, 0.1) is 26.2 Å². The van der Waals surface area contributed by atoms with Gasteiger partial charge in [0.1, 0.15) is 0 Å². The molecule has 1 aliphatic carbocycles. The van der Waals surface area contributed by atoms with Crippen molar-refractivity contribution in [3.05, 3.63) is 0 Å². The van der Waals surface area contributed by atoms with Crippen molar-refractivity contribution < 1.29 is 19.2 Å². The summed E-state index contributed by atoms with van der Waals surface area (Å²) in [6.45, 7) is 0.781. The monoisotopic (exact) mass is 280 g/mol. The van der Waals surface area contributed by atoms with Crippen LogP contribution in [0.5, 0.6) is 0 Å². The van der Waals surface area contributed by atoms with Crippen molar-refractivity contribution in [2.45, 2.75) is 24.9 Å². The second-order valence-electron chi connectivity index (χ2n) is 5.46. The smallest absolute Gasteiger partial charge is 0.240 e. The zero-order valence-corrected chi connectivity index (χ0v) is 10.9. The summed E-state index contributed by atoms with van der Waals surface area (Å²) in [5.41, 5.74) is 0. The molecule has 20 heavy (non-hydrogen) atoms. The molecule has 3 fully saturated rings. The molecule has 0 radical (unpaired) electrons. The van der Waals surface area contributed by atoms with E-state index in [0.29, 0.717) is 0 Å². The highest BCUT2D eigenvalue weighted by atomic mass is 16.2. The van der Waals surface area contributed by atoms with Gasteiger partial charge in [0.2, 0.25) is 23.6 Å². The summed E-state index contributed by atoms with van der Waals surface area (Å²) in [6, 6.07) is 0.118. The number of carbonyl (C=O) groups excluding carboxylic acids is 4. The van der Waals surface area contributed by atoms with Crippen LogP contribution in [-0.2, 0) is 19.2 Å². The van der Waals surface area contributed by atoms with Crippen molar-refractivity contribution in [2.75, 3.05) is 26.2 Å². The lowest BCUT2D eigenvalue weighted by molar-refractivity contribution is -0.144. The second-order valence-corrected chi connectivity index (χ2v) is 5.46. The molecule has 0 aromatic carbocycles. The summed E-state index contributed by atoms with van der Waals surface area (Å²) < 4.78 is 0. The average Bonchev–Trinajstić information content (AvgIpc) is 2.23. The molecule has 0 unspecified atom stereocenters. The highest BCUT2D eigenvalue weighted by Gasteiger charge is 2.43. The van der Waals surface area contributed by atoms with Crippen LogP contribution < -0.4 is 10.6 Å². The van der Waals surface area contributed by atoms with Crippen LogP contribution >= 0.6 is 0 Å². The van der Waals surface area contributed by atoms with Gasteiger partial charge in [-0.2, -0.15) is 0 Å². The summed E-state index contributed by atoms with van der Waals surface area (Å²) >= 11 is 0. The Hall–Kier alpha value is -1.80. The maximum Gasteiger partial charge on any atom is 0.240 e. The third-order valence-corrected chi connectivity index (χ3v) is 4.08. The minimum Gasteiger partial charge on any atom is -0.294 e. The SMILES string of the molecule is O=C1CN([C@@H]2CC[C@@H]2N2CC(=O)NC(=O)C2)CC(=O)N1. The third kappa shape index (κ3) is 2.44. The lowest BCUT2D eigenvalue weighted by Gasteiger charge is -2.50. The minimum absolute atomic E-state index is 0.0590. The van der Waals surface area contributed by atoms with E-state index in [0.717, 1.165) is 12.8 Å². The molecule has 1 saturated carbocycles. The van der Waals surface area contributed by atoms with Crippen LogP contribution in [0, 0.1) is 0 Å². The van der Waals surface area contributed by atoms with Crippen molar-refractivity contribution in [1.82, 2.24) is 20.4 Å². The molecule has 2 heterocycles. The molecule has 8 nitrogen and oxygen atoms in total. The Morgan fingerprint density at radius 1 is 0.650 bits per heavy atom. The van der Waals surface area contributed by atoms with Gasteiger partial charge in [0.15, 0.2) is 0 Å². The second kappa shape index (κ2) is 4.95. The average molecular weight is 280 g/mol. The zero-order chi connectivity index (χ0) is 14.3. The fraction of sp³-hybridized carbons (Fsp3) is 0.667. The number of amides is 4. The standard InChI is InChI=1S/C12H16N4O4/c17-9-3-15(4-10(18)13-9)7-1-2-8(7)16-5-11(19)14-12(20)6-16/h7-8H,1-6H2,(H,13,17,18)(H,14,19,20)/t7-,8+. The van der Waals surface area contributed by atoms with Crippen LogP contribution in [0.15, 0.2) is 0 Å². The normalized spacial score (nSPS) is 32.6. The van der Waals surface area contributed by atoms with Gasteiger partial charge >= 0.3 is 0 Å². The fourth-order valence-corrected chi connectivity index (χ4v) is 3.10. The lowest BCUT2D eigenvalue weighted by atomic mass is 9.83. The van der Waals surface area contributed by atoms with Crippen molar-refractivity contribution in [1.29, 1.82) is 0 Å². The Morgan fingerprint density at radius 2 is 0.950 bits per heavy atom. The molecule has 3 rings (SSSR count). The van der Waals surface area contributed by atoms with E-state index >= 15 is 0 Å². The summed E-state index contributed by atoms with van der Waals surface area (Å²) in [6.07, 6.45) is 1.75. The summed E-state index contributed by atoms with van der Waals surface area (Å²) in [7, 11) is 0. The molecule has 0 bridgehead atoms. The number of nitrogens with zero attached hydrogens (tertiary/aromatic N) is 2. The van der Waals surface area contributed by atoms with Gasteiger partial charge < -0.3 is 0 Å². The topological polar surface area (TPSA) is 98.8 Å². The number of imide groups is 2. The molecule has 4 amide bonds. The largest absolute Gasteiger partial charge is 0.294 e. The van der Waals surface area contributed by atoms with E-state index in [1.165, 1.54) is 0 Å². The summed E-state index contributed by atoms with van der Waals surface area (Å²) in [5.74, 6) is -1.17. The zero-order valence-electron chi connectivity index (χ0n) is 10.9. The van der Waals surface area contributed by atoms with E-state index in [2.05, 4.69) is 10.6 Å². The van der Waals surface area contributed by atoms with Gasteiger partial charge in [-0.25, -0.2) is 0 Å². The molecule has 2 saturated heterocycles. The van der Waals surface area contributed by atoms with Crippen LogP contribution in [0.2, 0.25) is 0 Å². The first-order valence-corrected chi connectivity index (χ1v) is 6.66. The number of rotatable bonds is 2. The molecule has 3 aliphatic rings. The van der Waals surface area contributed by atoms with E-state index in [1.807, 2.05) is 9.80 Å². The quantitative estimate of drug-likeness (QED) is 0.540. The Kier molecular flexibility index (Phi) is 3.27. The predicted octanol–water partition coefficient (Wildman–Crippen LogP) is -2.57. The molecule has 108 valence electrons. The maximum atomic E-state index is 11.4. The van der Waals surface area contributed by atoms with Crippen LogP contribution in [0.1, 0.15) is 12.8 Å². The predicted molar refractivity (Wildman–Crippen MR) is 66.3 cm³/mol. The van der Waals surface area contributed by atoms with E-state index in [9.17, 15) is 19.2 Å². The molecular formula is C12H16N4O4. The lowest BCUT2D eigenvalue weighted by Crippen LogP contribution is -2.66. The summed E-state index contributed by atoms with van der Waals surface area (Å²) in [4.78, 5) is 49.3. The Labute approximate surface area is 115 Å². The molecular weight excluding hydrogens is 264 g/mol. The molecule has 8 heteroatoms. The van der Waals surface area contributed by atoms with Crippen molar-refractivity contribution in [3.8, 4) is 0 Å². The molecule has 0 spiro atoms. The summed E-state index contributed by atoms with van der Waals surface area (Å²) in [5, 5.41) is 4.54. The Bertz CT molecular complexity index is 416. The van der Waals surface area contributed by atoms with E-state index in [1.54, 1.807) is 0 Å². The number of hydrogen-bond donors (Lipinski definition) is 2. The maximum absolute atomic E-state index is 11.4. The molecule has 0 aromatic heterocycles. The highest BCUT2D eigenvalue weighted by molar-refractivity contribution is 6.00. The van der Waals surface area contributed by atoms with Gasteiger partial charge in [-0.1, -0.05) is 0 Å². The first kappa shape index (κ1) is 13.2. The third-order valence-electron chi connectivity index (χ3n) is 4.08. The van der Waals surface area contributed by atoms with E-state index in [4.69, 9.17) is 0 Å². The number of carbonyl (C=O) groups is 4. The number of hydrogen-bond acceptors (Lipinski definition) is 6. The van der Waals surface area contributed by atoms with Crippen LogP contribution in [0.3, 0.4) is 0 Å². The van der Waals surface area contributed by atoms with Crippen molar-refractivity contribution in [2.24, 2.45) is 0 Å². The van der Waals surface area contributed by atoms with Gasteiger partial charge in [0, 0.05) is 12.1 Å². The van der Waals surface area contributed by atoms with Crippen molar-refractivity contribution >= 4 is 23.6 Å². The molecule has 2 atom stereocenters. The Balaban J connectivity index is 1.66. The molecule has 2 N–H and O–H groups in total. The number of piperazine rings is 2. The molecule has 0 aromatic rings. The van der Waals surface area contributed by atoms with Crippen molar-refractivity contribution in [3.63, 3.8) is 0 Å². The first-order chi connectivity index (χ1) is 9.52. The molecule has 2 aliphatic heterocycles. The fourth-order valence-electron chi connectivity index (χ4n) is 3.10. The van der Waals surface area contributed by atoms with Gasteiger partial charge in [-0.3, -0.25) is 39.6 Å². The Morgan fingerprint density at radius 3 is 1.20 bits per heavy atom. The van der Waals surface area contributed by atoms with Gasteiger partial charge in [-0.15, -0.1) is 0 Å². The first-order valence-electron chi connectivity index (χ1n) is 6.66. The van der Waals surface area contributed by atoms with Crippen LogP contribution in [-0.4, -0.2) is 71.7 Å². The highest BCUT2D eigenvalue weighted by Crippen LogP contribution is 2.31.